The van der Waals surface area contributed by atoms with Gasteiger partial charge < -0.3 is 4.90 Å². The molecule has 1 aromatic heterocycles. The number of nitrogens with zero attached hydrogens (tertiary/aromatic N) is 4. The molecule has 0 radical (unpaired) electrons. The summed E-state index contributed by atoms with van der Waals surface area (Å²) < 4.78 is 1.41. The number of hydrogen-bond acceptors (Lipinski definition) is 3. The molecule has 0 amide bonds. The highest BCUT2D eigenvalue weighted by Gasteiger charge is 2.00. The summed E-state index contributed by atoms with van der Waals surface area (Å²) in [5, 5.41) is 0. The van der Waals surface area contributed by atoms with Gasteiger partial charge in [-0.05, 0) is 6.92 Å². The molecule has 0 bridgehead atoms. The van der Waals surface area contributed by atoms with E-state index in [0.29, 0.717) is 11.6 Å². The fourth-order valence-corrected chi connectivity index (χ4v) is 0.922. The minimum atomic E-state index is -0.0941. The highest BCUT2D eigenvalue weighted by molar-refractivity contribution is 5.57. The summed E-state index contributed by atoms with van der Waals surface area (Å²) in [6.07, 6.45) is 1.61. The third kappa shape index (κ3) is 2.42. The van der Waals surface area contributed by atoms with Gasteiger partial charge in [-0.25, -0.2) is 9.98 Å². The van der Waals surface area contributed by atoms with E-state index in [0.717, 1.165) is 0 Å². The number of aryl methyl sites for hydroxylation is 1. The molecule has 0 saturated carbocycles. The first-order valence-corrected chi connectivity index (χ1v) is 4.26. The van der Waals surface area contributed by atoms with Gasteiger partial charge in [0.15, 0.2) is 0 Å². The highest BCUT2D eigenvalue weighted by Crippen LogP contribution is 2.02. The lowest BCUT2D eigenvalue weighted by Gasteiger charge is -2.05. The van der Waals surface area contributed by atoms with Crippen molar-refractivity contribution in [2.24, 2.45) is 12.0 Å². The van der Waals surface area contributed by atoms with E-state index in [9.17, 15) is 4.79 Å². The summed E-state index contributed by atoms with van der Waals surface area (Å²) in [5.41, 5.74) is 0.586. The average molecular weight is 194 g/mol. The number of hydrogen-bond donors (Lipinski definition) is 0. The van der Waals surface area contributed by atoms with Gasteiger partial charge in [0, 0.05) is 32.9 Å². The molecule has 1 rings (SSSR count). The van der Waals surface area contributed by atoms with Crippen molar-refractivity contribution in [3.63, 3.8) is 0 Å². The third-order valence-electron chi connectivity index (χ3n) is 1.64. The van der Waals surface area contributed by atoms with Gasteiger partial charge >= 0.3 is 0 Å². The zero-order chi connectivity index (χ0) is 10.7. The Hall–Kier alpha value is -1.65. The minimum Gasteiger partial charge on any atom is -0.369 e. The Kier molecular flexibility index (Phi) is 3.01. The van der Waals surface area contributed by atoms with E-state index in [1.807, 2.05) is 14.1 Å². The molecule has 0 aliphatic heterocycles. The largest absolute Gasteiger partial charge is 0.369 e. The van der Waals surface area contributed by atoms with Crippen molar-refractivity contribution >= 4 is 12.3 Å². The summed E-state index contributed by atoms with van der Waals surface area (Å²) in [5.74, 6) is 0.420. The standard InChI is InChI=1S/C9H14N4O/c1-7-5-8(14)13(4)9(11-7)10-6-12(2)3/h5-6H,1-4H3/b10-6+. The van der Waals surface area contributed by atoms with Crippen molar-refractivity contribution in [2.75, 3.05) is 14.1 Å². The molecule has 1 heterocycles. The van der Waals surface area contributed by atoms with E-state index >= 15 is 0 Å². The fourth-order valence-electron chi connectivity index (χ4n) is 0.922. The molecular weight excluding hydrogens is 180 g/mol. The molecular formula is C9H14N4O. The smallest absolute Gasteiger partial charge is 0.254 e. The van der Waals surface area contributed by atoms with E-state index in [4.69, 9.17) is 0 Å². The van der Waals surface area contributed by atoms with Crippen molar-refractivity contribution in [3.05, 3.63) is 22.1 Å². The maximum absolute atomic E-state index is 11.3. The minimum absolute atomic E-state index is 0.0941. The van der Waals surface area contributed by atoms with Crippen molar-refractivity contribution in [1.29, 1.82) is 0 Å². The van der Waals surface area contributed by atoms with Crippen LogP contribution in [0.1, 0.15) is 5.69 Å². The molecule has 0 fully saturated rings. The quantitative estimate of drug-likeness (QED) is 0.503. The molecule has 0 aliphatic carbocycles. The maximum Gasteiger partial charge on any atom is 0.254 e. The summed E-state index contributed by atoms with van der Waals surface area (Å²) >= 11 is 0. The predicted molar refractivity (Wildman–Crippen MR) is 56.1 cm³/mol. The predicted octanol–water partition coefficient (Wildman–Crippen LogP) is 0.310. The van der Waals surface area contributed by atoms with Crippen LogP contribution >= 0.6 is 0 Å². The molecule has 14 heavy (non-hydrogen) atoms. The molecule has 0 N–H and O–H groups in total. The van der Waals surface area contributed by atoms with E-state index in [2.05, 4.69) is 9.98 Å². The lowest BCUT2D eigenvalue weighted by molar-refractivity contribution is 0.641. The normalized spacial score (nSPS) is 10.9. The molecule has 76 valence electrons. The zero-order valence-electron chi connectivity index (χ0n) is 8.85. The SMILES string of the molecule is Cc1cc(=O)n(C)c(/N=C/N(C)C)n1. The van der Waals surface area contributed by atoms with Crippen LogP contribution in [0.3, 0.4) is 0 Å². The third-order valence-corrected chi connectivity index (χ3v) is 1.64. The summed E-state index contributed by atoms with van der Waals surface area (Å²) in [6.45, 7) is 1.77. The molecule has 0 aromatic carbocycles. The van der Waals surface area contributed by atoms with Crippen LogP contribution in [0.4, 0.5) is 5.95 Å². The van der Waals surface area contributed by atoms with E-state index in [1.165, 1.54) is 10.6 Å². The van der Waals surface area contributed by atoms with Crippen LogP contribution in [0.15, 0.2) is 15.9 Å². The van der Waals surface area contributed by atoms with Crippen molar-refractivity contribution in [3.8, 4) is 0 Å². The number of aromatic nitrogens is 2. The maximum atomic E-state index is 11.3. The second-order valence-corrected chi connectivity index (χ2v) is 3.30. The van der Waals surface area contributed by atoms with Crippen molar-refractivity contribution in [1.82, 2.24) is 14.5 Å². The summed E-state index contributed by atoms with van der Waals surface area (Å²) in [4.78, 5) is 21.4. The Balaban J connectivity index is 3.15. The van der Waals surface area contributed by atoms with Crippen LogP contribution in [-0.4, -0.2) is 34.9 Å². The van der Waals surface area contributed by atoms with E-state index < -0.39 is 0 Å². The van der Waals surface area contributed by atoms with Crippen molar-refractivity contribution < 1.29 is 0 Å². The molecule has 5 heteroatoms. The van der Waals surface area contributed by atoms with Crippen LogP contribution in [0.5, 0.6) is 0 Å². The summed E-state index contributed by atoms with van der Waals surface area (Å²) in [6, 6.07) is 1.48. The first kappa shape index (κ1) is 10.4. The Morgan fingerprint density at radius 2 is 2.21 bits per heavy atom. The van der Waals surface area contributed by atoms with Gasteiger partial charge in [0.2, 0.25) is 5.95 Å². The molecule has 0 spiro atoms. The lowest BCUT2D eigenvalue weighted by Crippen LogP contribution is -2.18. The Morgan fingerprint density at radius 1 is 1.57 bits per heavy atom. The van der Waals surface area contributed by atoms with E-state index in [-0.39, 0.29) is 5.56 Å². The first-order chi connectivity index (χ1) is 6.50. The number of rotatable bonds is 2. The van der Waals surface area contributed by atoms with Crippen LogP contribution in [-0.2, 0) is 7.05 Å². The van der Waals surface area contributed by atoms with Gasteiger partial charge in [-0.1, -0.05) is 0 Å². The lowest BCUT2D eigenvalue weighted by atomic mass is 10.4. The summed E-state index contributed by atoms with van der Waals surface area (Å²) in [7, 11) is 5.37. The zero-order valence-corrected chi connectivity index (χ0v) is 8.85. The van der Waals surface area contributed by atoms with Gasteiger partial charge in [0.05, 0.1) is 6.34 Å². The van der Waals surface area contributed by atoms with Crippen molar-refractivity contribution in [2.45, 2.75) is 6.92 Å². The molecule has 0 saturated heterocycles. The van der Waals surface area contributed by atoms with E-state index in [1.54, 1.807) is 25.2 Å². The molecule has 0 aliphatic rings. The van der Waals surface area contributed by atoms with Gasteiger partial charge in [-0.3, -0.25) is 9.36 Å². The molecule has 0 unspecified atom stereocenters. The van der Waals surface area contributed by atoms with Crippen LogP contribution in [0.25, 0.3) is 0 Å². The average Bonchev–Trinajstić information content (AvgIpc) is 2.08. The first-order valence-electron chi connectivity index (χ1n) is 4.26. The van der Waals surface area contributed by atoms with Gasteiger partial charge in [0.1, 0.15) is 0 Å². The highest BCUT2D eigenvalue weighted by atomic mass is 16.1. The van der Waals surface area contributed by atoms with Crippen LogP contribution in [0, 0.1) is 6.92 Å². The van der Waals surface area contributed by atoms with Gasteiger partial charge in [0.25, 0.3) is 5.56 Å². The van der Waals surface area contributed by atoms with Gasteiger partial charge in [-0.2, -0.15) is 0 Å². The Labute approximate surface area is 82.7 Å². The Bertz CT molecular complexity index is 406. The number of aliphatic imine (C=N–C) groups is 1. The van der Waals surface area contributed by atoms with Crippen LogP contribution in [0.2, 0.25) is 0 Å². The van der Waals surface area contributed by atoms with Crippen LogP contribution < -0.4 is 5.56 Å². The molecule has 0 atom stereocenters. The van der Waals surface area contributed by atoms with Gasteiger partial charge in [-0.15, -0.1) is 0 Å². The topological polar surface area (TPSA) is 50.5 Å². The fraction of sp³-hybridized carbons (Fsp3) is 0.444. The second kappa shape index (κ2) is 4.04. The Morgan fingerprint density at radius 3 is 2.79 bits per heavy atom. The molecule has 1 aromatic rings. The molecule has 5 nitrogen and oxygen atoms in total. The monoisotopic (exact) mass is 194 g/mol. The second-order valence-electron chi connectivity index (χ2n) is 3.30.